The molecule has 0 bridgehead atoms. The van der Waals surface area contributed by atoms with Crippen LogP contribution in [0.4, 0.5) is 0 Å². The minimum atomic E-state index is 0.176. The van der Waals surface area contributed by atoms with E-state index in [-0.39, 0.29) is 5.75 Å². The standard InChI is InChI=1S/C10H9ClN2O/c11-10-3-6(5-12)8-2-1-7(14)4-9(8)13-10/h1-4,14H,5,12H2. The lowest BCUT2D eigenvalue weighted by Crippen LogP contribution is -1.98. The van der Waals surface area contributed by atoms with E-state index in [0.29, 0.717) is 17.2 Å². The molecule has 1 heterocycles. The molecule has 0 spiro atoms. The first-order chi connectivity index (χ1) is 6.70. The molecule has 3 nitrogen and oxygen atoms in total. The normalized spacial score (nSPS) is 10.7. The number of pyridine rings is 1. The van der Waals surface area contributed by atoms with Crippen LogP contribution in [0.3, 0.4) is 0 Å². The first-order valence-electron chi connectivity index (χ1n) is 4.19. The molecule has 2 aromatic rings. The Bertz CT molecular complexity index is 480. The zero-order chi connectivity index (χ0) is 10.1. The van der Waals surface area contributed by atoms with Gasteiger partial charge in [-0.3, -0.25) is 0 Å². The predicted octanol–water partition coefficient (Wildman–Crippen LogP) is 2.05. The number of nitrogens with two attached hydrogens (primary N) is 1. The van der Waals surface area contributed by atoms with Crippen molar-refractivity contribution in [3.63, 3.8) is 0 Å². The molecule has 0 aliphatic heterocycles. The largest absolute Gasteiger partial charge is 0.508 e. The van der Waals surface area contributed by atoms with Crippen molar-refractivity contribution in [3.8, 4) is 5.75 Å². The second-order valence-corrected chi connectivity index (χ2v) is 3.40. The van der Waals surface area contributed by atoms with Crippen molar-refractivity contribution in [1.82, 2.24) is 4.98 Å². The lowest BCUT2D eigenvalue weighted by atomic mass is 10.1. The molecule has 4 heteroatoms. The van der Waals surface area contributed by atoms with Crippen LogP contribution in [0.2, 0.25) is 5.15 Å². The van der Waals surface area contributed by atoms with Gasteiger partial charge in [-0.05, 0) is 23.8 Å². The summed E-state index contributed by atoms with van der Waals surface area (Å²) in [4.78, 5) is 4.09. The Hall–Kier alpha value is -1.32. The van der Waals surface area contributed by atoms with Crippen molar-refractivity contribution in [2.75, 3.05) is 0 Å². The molecule has 0 aliphatic rings. The minimum Gasteiger partial charge on any atom is -0.508 e. The van der Waals surface area contributed by atoms with Crippen LogP contribution >= 0.6 is 11.6 Å². The monoisotopic (exact) mass is 208 g/mol. The predicted molar refractivity (Wildman–Crippen MR) is 56.3 cm³/mol. The highest BCUT2D eigenvalue weighted by Gasteiger charge is 2.03. The van der Waals surface area contributed by atoms with Gasteiger partial charge in [-0.25, -0.2) is 4.98 Å². The Morgan fingerprint density at radius 1 is 1.36 bits per heavy atom. The summed E-state index contributed by atoms with van der Waals surface area (Å²) in [5, 5.41) is 10.6. The van der Waals surface area contributed by atoms with Gasteiger partial charge in [0.15, 0.2) is 0 Å². The number of hydrogen-bond acceptors (Lipinski definition) is 3. The van der Waals surface area contributed by atoms with Crippen molar-refractivity contribution in [2.45, 2.75) is 6.54 Å². The summed E-state index contributed by atoms with van der Waals surface area (Å²) in [7, 11) is 0. The van der Waals surface area contributed by atoms with Crippen molar-refractivity contribution in [2.24, 2.45) is 5.73 Å². The maximum atomic E-state index is 9.27. The molecule has 0 saturated heterocycles. The third-order valence-electron chi connectivity index (χ3n) is 2.07. The quantitative estimate of drug-likeness (QED) is 0.706. The first kappa shape index (κ1) is 9.24. The molecule has 1 aromatic carbocycles. The number of benzene rings is 1. The van der Waals surface area contributed by atoms with E-state index < -0.39 is 0 Å². The van der Waals surface area contributed by atoms with E-state index in [2.05, 4.69) is 4.98 Å². The summed E-state index contributed by atoms with van der Waals surface area (Å²) in [6.07, 6.45) is 0. The van der Waals surface area contributed by atoms with Crippen LogP contribution in [0.5, 0.6) is 5.75 Å². The summed E-state index contributed by atoms with van der Waals surface area (Å²) in [5.41, 5.74) is 7.17. The zero-order valence-electron chi connectivity index (χ0n) is 7.37. The Labute approximate surface area is 86.1 Å². The number of fused-ring (bicyclic) bond motifs is 1. The van der Waals surface area contributed by atoms with Gasteiger partial charge in [-0.15, -0.1) is 0 Å². The summed E-state index contributed by atoms with van der Waals surface area (Å²) in [6.45, 7) is 0.406. The number of nitrogens with zero attached hydrogens (tertiary/aromatic N) is 1. The molecule has 72 valence electrons. The third kappa shape index (κ3) is 1.52. The summed E-state index contributed by atoms with van der Waals surface area (Å²) >= 11 is 5.81. The van der Waals surface area contributed by atoms with Crippen molar-refractivity contribution < 1.29 is 5.11 Å². The van der Waals surface area contributed by atoms with E-state index in [1.165, 1.54) is 0 Å². The molecule has 0 saturated carbocycles. The molecule has 0 amide bonds. The second-order valence-electron chi connectivity index (χ2n) is 3.01. The Kier molecular flexibility index (Phi) is 2.27. The summed E-state index contributed by atoms with van der Waals surface area (Å²) < 4.78 is 0. The van der Waals surface area contributed by atoms with E-state index in [0.717, 1.165) is 10.9 Å². The second kappa shape index (κ2) is 3.44. The van der Waals surface area contributed by atoms with Gasteiger partial charge in [-0.2, -0.15) is 0 Å². The molecule has 2 rings (SSSR count). The van der Waals surface area contributed by atoms with Crippen LogP contribution in [0, 0.1) is 0 Å². The summed E-state index contributed by atoms with van der Waals surface area (Å²) in [5.74, 6) is 0.176. The Balaban J connectivity index is 2.81. The van der Waals surface area contributed by atoms with Gasteiger partial charge in [0.05, 0.1) is 5.52 Å². The molecule has 3 N–H and O–H groups in total. The smallest absolute Gasteiger partial charge is 0.130 e. The van der Waals surface area contributed by atoms with Gasteiger partial charge in [-0.1, -0.05) is 11.6 Å². The fourth-order valence-electron chi connectivity index (χ4n) is 1.42. The van der Waals surface area contributed by atoms with Crippen LogP contribution in [-0.4, -0.2) is 10.1 Å². The van der Waals surface area contributed by atoms with Crippen LogP contribution in [0.15, 0.2) is 24.3 Å². The molecule has 0 aliphatic carbocycles. The number of aromatic nitrogens is 1. The van der Waals surface area contributed by atoms with Gasteiger partial charge in [0.2, 0.25) is 0 Å². The average molecular weight is 209 g/mol. The number of halogens is 1. The van der Waals surface area contributed by atoms with Gasteiger partial charge in [0.1, 0.15) is 10.9 Å². The van der Waals surface area contributed by atoms with E-state index in [9.17, 15) is 5.11 Å². The fraction of sp³-hybridized carbons (Fsp3) is 0.100. The topological polar surface area (TPSA) is 59.1 Å². The summed E-state index contributed by atoms with van der Waals surface area (Å²) in [6, 6.07) is 6.70. The third-order valence-corrected chi connectivity index (χ3v) is 2.26. The molecule has 14 heavy (non-hydrogen) atoms. The lowest BCUT2D eigenvalue weighted by molar-refractivity contribution is 0.476. The molecular weight excluding hydrogens is 200 g/mol. The maximum Gasteiger partial charge on any atom is 0.130 e. The van der Waals surface area contributed by atoms with Crippen LogP contribution in [0.25, 0.3) is 10.9 Å². The first-order valence-corrected chi connectivity index (χ1v) is 4.56. The molecule has 0 atom stereocenters. The van der Waals surface area contributed by atoms with Crippen LogP contribution in [0.1, 0.15) is 5.56 Å². The highest BCUT2D eigenvalue weighted by molar-refractivity contribution is 6.29. The average Bonchev–Trinajstić information content (AvgIpc) is 2.15. The maximum absolute atomic E-state index is 9.27. The molecule has 0 fully saturated rings. The molecule has 0 radical (unpaired) electrons. The lowest BCUT2D eigenvalue weighted by Gasteiger charge is -2.04. The minimum absolute atomic E-state index is 0.176. The Morgan fingerprint density at radius 2 is 2.14 bits per heavy atom. The highest BCUT2D eigenvalue weighted by atomic mass is 35.5. The van der Waals surface area contributed by atoms with E-state index in [1.54, 1.807) is 24.3 Å². The number of aromatic hydroxyl groups is 1. The number of hydrogen-bond donors (Lipinski definition) is 2. The SMILES string of the molecule is NCc1cc(Cl)nc2cc(O)ccc12. The number of phenolic OH excluding ortho intramolecular Hbond substituents is 1. The fourth-order valence-corrected chi connectivity index (χ4v) is 1.64. The van der Waals surface area contributed by atoms with E-state index in [4.69, 9.17) is 17.3 Å². The van der Waals surface area contributed by atoms with Crippen molar-refractivity contribution >= 4 is 22.5 Å². The van der Waals surface area contributed by atoms with E-state index in [1.807, 2.05) is 0 Å². The van der Waals surface area contributed by atoms with Crippen molar-refractivity contribution in [3.05, 3.63) is 35.0 Å². The highest BCUT2D eigenvalue weighted by Crippen LogP contribution is 2.23. The molecule has 0 unspecified atom stereocenters. The van der Waals surface area contributed by atoms with Gasteiger partial charge in [0.25, 0.3) is 0 Å². The van der Waals surface area contributed by atoms with Gasteiger partial charge < -0.3 is 10.8 Å². The van der Waals surface area contributed by atoms with Crippen LogP contribution < -0.4 is 5.73 Å². The van der Waals surface area contributed by atoms with Gasteiger partial charge in [0, 0.05) is 18.0 Å². The Morgan fingerprint density at radius 3 is 2.86 bits per heavy atom. The number of phenols is 1. The molecular formula is C10H9ClN2O. The van der Waals surface area contributed by atoms with Crippen molar-refractivity contribution in [1.29, 1.82) is 0 Å². The molecule has 1 aromatic heterocycles. The number of rotatable bonds is 1. The zero-order valence-corrected chi connectivity index (χ0v) is 8.12. The van der Waals surface area contributed by atoms with Gasteiger partial charge >= 0.3 is 0 Å². The van der Waals surface area contributed by atoms with Crippen LogP contribution in [-0.2, 0) is 6.54 Å². The van der Waals surface area contributed by atoms with E-state index >= 15 is 0 Å².